The van der Waals surface area contributed by atoms with Gasteiger partial charge in [-0.05, 0) is 18.2 Å². The van der Waals surface area contributed by atoms with Gasteiger partial charge in [-0.2, -0.15) is 5.10 Å². The van der Waals surface area contributed by atoms with Crippen LogP contribution in [-0.4, -0.2) is 41.4 Å². The van der Waals surface area contributed by atoms with Crippen LogP contribution >= 0.6 is 15.9 Å². The van der Waals surface area contributed by atoms with E-state index in [0.29, 0.717) is 12.6 Å². The predicted octanol–water partition coefficient (Wildman–Crippen LogP) is 4.31. The molecular formula is C17H23BrN4O2Si. The van der Waals surface area contributed by atoms with Crippen molar-refractivity contribution in [1.82, 2.24) is 19.6 Å². The van der Waals surface area contributed by atoms with Crippen LogP contribution in [-0.2, 0) is 11.5 Å². The maximum Gasteiger partial charge on any atom is 0.258 e. The molecule has 1 aromatic carbocycles. The molecule has 0 amide bonds. The van der Waals surface area contributed by atoms with Gasteiger partial charge in [0.1, 0.15) is 12.4 Å². The maximum absolute atomic E-state index is 5.76. The van der Waals surface area contributed by atoms with E-state index in [1.54, 1.807) is 16.5 Å². The fraction of sp³-hybridized carbons (Fsp3) is 0.412. The molecule has 8 heteroatoms. The van der Waals surface area contributed by atoms with Gasteiger partial charge in [-0.1, -0.05) is 41.6 Å². The predicted molar refractivity (Wildman–Crippen MR) is 105 cm³/mol. The van der Waals surface area contributed by atoms with Gasteiger partial charge in [0.05, 0.1) is 18.8 Å². The highest BCUT2D eigenvalue weighted by atomic mass is 79.9. The van der Waals surface area contributed by atoms with Crippen LogP contribution in [0.15, 0.2) is 35.1 Å². The average Bonchev–Trinajstić information content (AvgIpc) is 3.15. The molecule has 0 spiro atoms. The van der Waals surface area contributed by atoms with E-state index in [2.05, 4.69) is 45.8 Å². The van der Waals surface area contributed by atoms with E-state index in [1.165, 1.54) is 0 Å². The number of benzene rings is 1. The lowest BCUT2D eigenvalue weighted by Crippen LogP contribution is -2.22. The summed E-state index contributed by atoms with van der Waals surface area (Å²) in [5.41, 5.74) is 1.70. The first-order valence-electron chi connectivity index (χ1n) is 8.21. The Kier molecular flexibility index (Phi) is 5.31. The number of rotatable bonds is 7. The molecule has 0 atom stereocenters. The second-order valence-electron chi connectivity index (χ2n) is 7.16. The number of aromatic nitrogens is 4. The van der Waals surface area contributed by atoms with E-state index in [9.17, 15) is 0 Å². The summed E-state index contributed by atoms with van der Waals surface area (Å²) in [5.74, 6) is 0.526. The molecule has 3 rings (SSSR count). The zero-order valence-corrected chi connectivity index (χ0v) is 17.6. The van der Waals surface area contributed by atoms with Gasteiger partial charge < -0.3 is 9.47 Å². The van der Waals surface area contributed by atoms with Gasteiger partial charge in [0, 0.05) is 30.7 Å². The molecule has 0 N–H and O–H groups in total. The van der Waals surface area contributed by atoms with Crippen molar-refractivity contribution < 1.29 is 9.47 Å². The fourth-order valence-corrected chi connectivity index (χ4v) is 3.64. The fourth-order valence-electron chi connectivity index (χ4n) is 2.43. The molecule has 0 radical (unpaired) electrons. The quantitative estimate of drug-likeness (QED) is 0.420. The molecule has 134 valence electrons. The number of ether oxygens (including phenoxy) is 2. The lowest BCUT2D eigenvalue weighted by Gasteiger charge is -2.15. The highest BCUT2D eigenvalue weighted by molar-refractivity contribution is 9.10. The third-order valence-electron chi connectivity index (χ3n) is 3.87. The van der Waals surface area contributed by atoms with Crippen molar-refractivity contribution in [1.29, 1.82) is 0 Å². The Morgan fingerprint density at radius 3 is 2.64 bits per heavy atom. The van der Waals surface area contributed by atoms with Gasteiger partial charge in [0.2, 0.25) is 0 Å². The number of hydrogen-bond donors (Lipinski definition) is 0. The molecular weight excluding hydrogens is 400 g/mol. The number of halogens is 1. The van der Waals surface area contributed by atoms with Gasteiger partial charge in [0.15, 0.2) is 0 Å². The second kappa shape index (κ2) is 7.31. The Hall–Kier alpha value is -1.64. The summed E-state index contributed by atoms with van der Waals surface area (Å²) in [4.78, 5) is 0. The van der Waals surface area contributed by atoms with Crippen molar-refractivity contribution in [3.63, 3.8) is 0 Å². The Bertz CT molecular complexity index is 869. The number of hydrogen-bond acceptors (Lipinski definition) is 4. The van der Waals surface area contributed by atoms with Crippen LogP contribution in [0.5, 0.6) is 5.88 Å². The molecule has 0 saturated carbocycles. The Labute approximate surface area is 156 Å². The van der Waals surface area contributed by atoms with E-state index in [0.717, 1.165) is 33.7 Å². The molecule has 6 nitrogen and oxygen atoms in total. The molecule has 25 heavy (non-hydrogen) atoms. The minimum Gasteiger partial charge on any atom is -0.478 e. The number of methoxy groups -OCH3 is 1. The topological polar surface area (TPSA) is 54.1 Å². The molecule has 2 aromatic heterocycles. The largest absolute Gasteiger partial charge is 0.478 e. The van der Waals surface area contributed by atoms with Crippen LogP contribution < -0.4 is 4.74 Å². The van der Waals surface area contributed by atoms with Gasteiger partial charge in [-0.25, -0.2) is 9.36 Å². The lowest BCUT2D eigenvalue weighted by atomic mass is 10.3. The Balaban J connectivity index is 1.79. The maximum atomic E-state index is 5.76. The van der Waals surface area contributed by atoms with Crippen LogP contribution in [0.3, 0.4) is 0 Å². The molecule has 0 aliphatic carbocycles. The first-order chi connectivity index (χ1) is 11.9. The van der Waals surface area contributed by atoms with E-state index in [-0.39, 0.29) is 0 Å². The van der Waals surface area contributed by atoms with Gasteiger partial charge in [-0.3, -0.25) is 0 Å². The van der Waals surface area contributed by atoms with Crippen molar-refractivity contribution in [2.45, 2.75) is 32.4 Å². The molecule has 0 bridgehead atoms. The van der Waals surface area contributed by atoms with Gasteiger partial charge in [-0.15, -0.1) is 5.10 Å². The van der Waals surface area contributed by atoms with Crippen molar-refractivity contribution in [2.24, 2.45) is 0 Å². The van der Waals surface area contributed by atoms with Crippen LogP contribution in [0.4, 0.5) is 0 Å². The monoisotopic (exact) mass is 422 g/mol. The summed E-state index contributed by atoms with van der Waals surface area (Å²) < 4.78 is 15.7. The highest BCUT2D eigenvalue weighted by Gasteiger charge is 2.15. The molecule has 0 unspecified atom stereocenters. The first kappa shape index (κ1) is 18.2. The lowest BCUT2D eigenvalue weighted by molar-refractivity contribution is 0.0777. The minimum absolute atomic E-state index is 0.408. The molecule has 0 aliphatic rings. The van der Waals surface area contributed by atoms with Gasteiger partial charge in [0.25, 0.3) is 5.88 Å². The van der Waals surface area contributed by atoms with Crippen molar-refractivity contribution in [2.75, 3.05) is 13.7 Å². The zero-order valence-electron chi connectivity index (χ0n) is 15.0. The third kappa shape index (κ3) is 4.31. The second-order valence-corrected chi connectivity index (χ2v) is 13.6. The SMILES string of the molecule is COc1nn(COCC[Si](C)(C)C)cc1-n1cc2c(Br)cccc2n1. The molecule has 0 aliphatic heterocycles. The smallest absolute Gasteiger partial charge is 0.258 e. The third-order valence-corrected chi connectivity index (χ3v) is 6.26. The normalized spacial score (nSPS) is 12.0. The van der Waals surface area contributed by atoms with Crippen LogP contribution in [0.25, 0.3) is 16.6 Å². The molecule has 0 fully saturated rings. The van der Waals surface area contributed by atoms with Crippen molar-refractivity contribution in [3.05, 3.63) is 35.1 Å². The average molecular weight is 423 g/mol. The van der Waals surface area contributed by atoms with Crippen LogP contribution in [0.1, 0.15) is 0 Å². The summed E-state index contributed by atoms with van der Waals surface area (Å²) in [7, 11) is 0.530. The minimum atomic E-state index is -1.08. The van der Waals surface area contributed by atoms with Gasteiger partial charge >= 0.3 is 0 Å². The van der Waals surface area contributed by atoms with E-state index in [4.69, 9.17) is 9.47 Å². The first-order valence-corrected chi connectivity index (χ1v) is 12.7. The Morgan fingerprint density at radius 1 is 1.16 bits per heavy atom. The molecule has 0 saturated heterocycles. The van der Waals surface area contributed by atoms with E-state index in [1.807, 2.05) is 30.6 Å². The number of nitrogens with zero attached hydrogens (tertiary/aromatic N) is 4. The Morgan fingerprint density at radius 2 is 1.96 bits per heavy atom. The van der Waals surface area contributed by atoms with Crippen LogP contribution in [0.2, 0.25) is 25.7 Å². The zero-order chi connectivity index (χ0) is 18.0. The van der Waals surface area contributed by atoms with E-state index >= 15 is 0 Å². The highest BCUT2D eigenvalue weighted by Crippen LogP contribution is 2.27. The van der Waals surface area contributed by atoms with Crippen molar-refractivity contribution >= 4 is 34.9 Å². The molecule has 2 heterocycles. The summed E-state index contributed by atoms with van der Waals surface area (Å²) in [6, 6.07) is 7.09. The standard InChI is InChI=1S/C17H23BrN4O2Si/c1-23-17-16(11-21(20-17)12-24-8-9-25(2,3)4)22-10-13-14(18)6-5-7-15(13)19-22/h5-7,10-11H,8-9,12H2,1-4H3. The summed E-state index contributed by atoms with van der Waals surface area (Å²) >= 11 is 3.56. The number of fused-ring (bicyclic) bond motifs is 1. The summed E-state index contributed by atoms with van der Waals surface area (Å²) in [6.45, 7) is 8.18. The van der Waals surface area contributed by atoms with Crippen LogP contribution in [0, 0.1) is 0 Å². The molecule has 3 aromatic rings. The summed E-state index contributed by atoms with van der Waals surface area (Å²) in [6.07, 6.45) is 3.86. The van der Waals surface area contributed by atoms with Crippen molar-refractivity contribution in [3.8, 4) is 11.6 Å². The summed E-state index contributed by atoms with van der Waals surface area (Å²) in [5, 5.41) is 10.1. The van der Waals surface area contributed by atoms with E-state index < -0.39 is 8.07 Å².